The van der Waals surface area contributed by atoms with E-state index in [1.165, 1.54) is 17.7 Å². The first-order valence-electron chi connectivity index (χ1n) is 10.3. The summed E-state index contributed by atoms with van der Waals surface area (Å²) in [6, 6.07) is 11.9. The molecule has 5 rings (SSSR count). The lowest BCUT2D eigenvalue weighted by atomic mass is 10.0. The summed E-state index contributed by atoms with van der Waals surface area (Å²) in [6.45, 7) is 4.12. The Labute approximate surface area is 179 Å². The number of rotatable bonds is 4. The van der Waals surface area contributed by atoms with Crippen molar-refractivity contribution in [3.63, 3.8) is 0 Å². The van der Waals surface area contributed by atoms with E-state index in [4.69, 9.17) is 4.98 Å². The number of hydrogen-bond acceptors (Lipinski definition) is 5. The molecule has 1 N–H and O–H groups in total. The van der Waals surface area contributed by atoms with Gasteiger partial charge in [-0.15, -0.1) is 11.3 Å². The van der Waals surface area contributed by atoms with Crippen LogP contribution in [0.15, 0.2) is 42.6 Å². The lowest BCUT2D eigenvalue weighted by molar-refractivity contribution is 0.102. The molecule has 0 saturated carbocycles. The molecule has 3 aromatic heterocycles. The zero-order valence-corrected chi connectivity index (χ0v) is 17.9. The number of aryl methyl sites for hydroxylation is 2. The highest BCUT2D eigenvalue weighted by molar-refractivity contribution is 7.15. The van der Waals surface area contributed by atoms with Crippen molar-refractivity contribution in [3.05, 3.63) is 58.7 Å². The van der Waals surface area contributed by atoms with Gasteiger partial charge in [-0.05, 0) is 45.6 Å². The monoisotopic (exact) mass is 417 g/mol. The molecule has 0 saturated heterocycles. The van der Waals surface area contributed by atoms with Crippen LogP contribution in [0.5, 0.6) is 0 Å². The minimum absolute atomic E-state index is 0.141. The number of aromatic nitrogens is 4. The van der Waals surface area contributed by atoms with Crippen molar-refractivity contribution in [3.8, 4) is 11.3 Å². The molecule has 0 unspecified atom stereocenters. The Morgan fingerprint density at radius 3 is 2.70 bits per heavy atom. The Balaban J connectivity index is 1.58. The van der Waals surface area contributed by atoms with Crippen LogP contribution in [0.2, 0.25) is 0 Å². The summed E-state index contributed by atoms with van der Waals surface area (Å²) in [5.41, 5.74) is 4.15. The predicted octanol–water partition coefficient (Wildman–Crippen LogP) is 5.27. The van der Waals surface area contributed by atoms with Gasteiger partial charge >= 0.3 is 0 Å². The molecule has 1 aromatic carbocycles. The fourth-order valence-corrected chi connectivity index (χ4v) is 4.96. The summed E-state index contributed by atoms with van der Waals surface area (Å²) in [4.78, 5) is 24.1. The Bertz CT molecular complexity index is 1200. The fraction of sp³-hybridized carbons (Fsp3) is 0.304. The van der Waals surface area contributed by atoms with Crippen molar-refractivity contribution in [1.82, 2.24) is 19.7 Å². The average molecular weight is 418 g/mol. The smallest absolute Gasteiger partial charge is 0.258 e. The standard InChI is InChI=1S/C23H23N5OS/c1-14(2)28-21-17(13-24-28)16(12-19(25-21)15-8-4-3-5-9-15)22(29)27-23-26-18-10-6-7-11-20(18)30-23/h3-5,8-9,12-14H,6-7,10-11H2,1-2H3,(H,26,27,29). The molecule has 4 aromatic rings. The van der Waals surface area contributed by atoms with E-state index in [0.717, 1.165) is 40.8 Å². The van der Waals surface area contributed by atoms with Gasteiger partial charge in [-0.1, -0.05) is 30.3 Å². The third-order valence-electron chi connectivity index (χ3n) is 5.44. The Morgan fingerprint density at radius 2 is 1.93 bits per heavy atom. The molecule has 6 nitrogen and oxygen atoms in total. The molecule has 0 atom stereocenters. The molecular weight excluding hydrogens is 394 g/mol. The number of carbonyl (C=O) groups is 1. The second-order valence-electron chi connectivity index (χ2n) is 7.89. The maximum atomic E-state index is 13.3. The predicted molar refractivity (Wildman–Crippen MR) is 120 cm³/mol. The fourth-order valence-electron chi connectivity index (χ4n) is 3.91. The van der Waals surface area contributed by atoms with Gasteiger partial charge in [0.15, 0.2) is 10.8 Å². The number of benzene rings is 1. The lowest BCUT2D eigenvalue weighted by Gasteiger charge is -2.10. The molecule has 0 aliphatic heterocycles. The molecular formula is C23H23N5OS. The maximum absolute atomic E-state index is 13.3. The SMILES string of the molecule is CC(C)n1ncc2c(C(=O)Nc3nc4c(s3)CCCC4)cc(-c3ccccc3)nc21. The zero-order valence-electron chi connectivity index (χ0n) is 17.1. The summed E-state index contributed by atoms with van der Waals surface area (Å²) >= 11 is 1.59. The van der Waals surface area contributed by atoms with Gasteiger partial charge in [0.2, 0.25) is 0 Å². The third kappa shape index (κ3) is 3.39. The Hall–Kier alpha value is -3.06. The number of nitrogens with zero attached hydrogens (tertiary/aromatic N) is 4. The number of amides is 1. The largest absolute Gasteiger partial charge is 0.298 e. The van der Waals surface area contributed by atoms with Crippen LogP contribution in [0, 0.1) is 0 Å². The Morgan fingerprint density at radius 1 is 1.13 bits per heavy atom. The first-order chi connectivity index (χ1) is 14.6. The third-order valence-corrected chi connectivity index (χ3v) is 6.51. The lowest BCUT2D eigenvalue weighted by Crippen LogP contribution is -2.13. The van der Waals surface area contributed by atoms with Crippen molar-refractivity contribution in [2.45, 2.75) is 45.6 Å². The van der Waals surface area contributed by atoms with Crippen molar-refractivity contribution in [2.24, 2.45) is 0 Å². The van der Waals surface area contributed by atoms with Crippen molar-refractivity contribution in [2.75, 3.05) is 5.32 Å². The van der Waals surface area contributed by atoms with Crippen LogP contribution in [0.1, 0.15) is 53.7 Å². The highest BCUT2D eigenvalue weighted by Gasteiger charge is 2.21. The van der Waals surface area contributed by atoms with Crippen LogP contribution in [-0.4, -0.2) is 25.7 Å². The van der Waals surface area contributed by atoms with Crippen LogP contribution < -0.4 is 5.32 Å². The van der Waals surface area contributed by atoms with Gasteiger partial charge in [0.05, 0.1) is 28.5 Å². The van der Waals surface area contributed by atoms with Crippen LogP contribution in [0.25, 0.3) is 22.3 Å². The van der Waals surface area contributed by atoms with Crippen molar-refractivity contribution >= 4 is 33.4 Å². The zero-order chi connectivity index (χ0) is 20.7. The Kier molecular flexibility index (Phi) is 4.83. The quantitative estimate of drug-likeness (QED) is 0.491. The van der Waals surface area contributed by atoms with Gasteiger partial charge in [0.1, 0.15) is 0 Å². The van der Waals surface area contributed by atoms with Gasteiger partial charge in [0, 0.05) is 16.5 Å². The minimum atomic E-state index is -0.172. The molecule has 0 bridgehead atoms. The summed E-state index contributed by atoms with van der Waals surface area (Å²) in [5.74, 6) is -0.172. The number of anilines is 1. The van der Waals surface area contributed by atoms with E-state index in [1.807, 2.05) is 41.1 Å². The minimum Gasteiger partial charge on any atom is -0.298 e. The molecule has 0 radical (unpaired) electrons. The second kappa shape index (κ2) is 7.65. The summed E-state index contributed by atoms with van der Waals surface area (Å²) in [5, 5.41) is 8.95. The summed E-state index contributed by atoms with van der Waals surface area (Å²) < 4.78 is 1.86. The van der Waals surface area contributed by atoms with Crippen LogP contribution in [0.3, 0.4) is 0 Å². The number of nitrogens with one attached hydrogen (secondary N) is 1. The highest BCUT2D eigenvalue weighted by Crippen LogP contribution is 2.31. The van der Waals surface area contributed by atoms with Gasteiger partial charge in [-0.3, -0.25) is 10.1 Å². The van der Waals surface area contributed by atoms with E-state index >= 15 is 0 Å². The first-order valence-corrected chi connectivity index (χ1v) is 11.2. The maximum Gasteiger partial charge on any atom is 0.258 e. The van der Waals surface area contributed by atoms with Gasteiger partial charge in [-0.2, -0.15) is 5.10 Å². The van der Waals surface area contributed by atoms with Gasteiger partial charge in [0.25, 0.3) is 5.91 Å². The topological polar surface area (TPSA) is 72.7 Å². The van der Waals surface area contributed by atoms with E-state index in [9.17, 15) is 4.79 Å². The van der Waals surface area contributed by atoms with Crippen LogP contribution in [0.4, 0.5) is 5.13 Å². The van der Waals surface area contributed by atoms with Gasteiger partial charge in [-0.25, -0.2) is 14.6 Å². The summed E-state index contributed by atoms with van der Waals surface area (Å²) in [7, 11) is 0. The van der Waals surface area contributed by atoms with Crippen molar-refractivity contribution in [1.29, 1.82) is 0 Å². The molecule has 3 heterocycles. The van der Waals surface area contributed by atoms with Crippen LogP contribution >= 0.6 is 11.3 Å². The van der Waals surface area contributed by atoms with Gasteiger partial charge < -0.3 is 0 Å². The molecule has 152 valence electrons. The molecule has 0 fully saturated rings. The van der Waals surface area contributed by atoms with Crippen molar-refractivity contribution < 1.29 is 4.79 Å². The normalized spacial score (nSPS) is 13.6. The number of pyridine rings is 1. The van der Waals surface area contributed by atoms with E-state index in [-0.39, 0.29) is 11.9 Å². The van der Waals surface area contributed by atoms with E-state index in [0.29, 0.717) is 10.7 Å². The van der Waals surface area contributed by atoms with Crippen LogP contribution in [-0.2, 0) is 12.8 Å². The highest BCUT2D eigenvalue weighted by atomic mass is 32.1. The molecule has 1 amide bonds. The number of hydrogen-bond donors (Lipinski definition) is 1. The molecule has 30 heavy (non-hydrogen) atoms. The molecule has 1 aliphatic rings. The first kappa shape index (κ1) is 18.9. The van der Waals surface area contributed by atoms with E-state index < -0.39 is 0 Å². The summed E-state index contributed by atoms with van der Waals surface area (Å²) in [6.07, 6.45) is 6.16. The van der Waals surface area contributed by atoms with E-state index in [2.05, 4.69) is 29.2 Å². The average Bonchev–Trinajstić information content (AvgIpc) is 3.37. The van der Waals surface area contributed by atoms with E-state index in [1.54, 1.807) is 17.5 Å². The molecule has 0 spiro atoms. The molecule has 7 heteroatoms. The second-order valence-corrected chi connectivity index (χ2v) is 8.97. The number of fused-ring (bicyclic) bond motifs is 2. The number of carbonyl (C=O) groups excluding carboxylic acids is 1. The number of thiazole rings is 1. The molecule has 1 aliphatic carbocycles.